The van der Waals surface area contributed by atoms with Crippen molar-refractivity contribution in [2.24, 2.45) is 11.7 Å². The van der Waals surface area contributed by atoms with Gasteiger partial charge in [-0.15, -0.1) is 0 Å². The van der Waals surface area contributed by atoms with E-state index in [1.165, 1.54) is 18.2 Å². The summed E-state index contributed by atoms with van der Waals surface area (Å²) in [6.07, 6.45) is 0. The van der Waals surface area contributed by atoms with E-state index >= 15 is 0 Å². The molecule has 4 N–H and O–H groups in total. The van der Waals surface area contributed by atoms with Crippen LogP contribution in [0.15, 0.2) is 18.2 Å². The molecule has 6 heteroatoms. The molecule has 1 rings (SSSR count). The molecule has 0 aliphatic carbocycles. The van der Waals surface area contributed by atoms with Crippen molar-refractivity contribution in [3.05, 3.63) is 28.8 Å². The van der Waals surface area contributed by atoms with Crippen molar-refractivity contribution in [1.29, 1.82) is 0 Å². The molecule has 1 atom stereocenters. The van der Waals surface area contributed by atoms with Gasteiger partial charge in [0.05, 0.1) is 10.6 Å². The van der Waals surface area contributed by atoms with Crippen LogP contribution in [0.5, 0.6) is 5.75 Å². The summed E-state index contributed by atoms with van der Waals surface area (Å²) in [4.78, 5) is 12.0. The van der Waals surface area contributed by atoms with Gasteiger partial charge in [-0.3, -0.25) is 4.79 Å². The highest BCUT2D eigenvalue weighted by Gasteiger charge is 2.13. The number of aromatic hydroxyl groups is 1. The minimum atomic E-state index is -0.387. The summed E-state index contributed by atoms with van der Waals surface area (Å²) in [7, 11) is 0. The van der Waals surface area contributed by atoms with Gasteiger partial charge in [-0.05, 0) is 18.2 Å². The Morgan fingerprint density at radius 3 is 2.82 bits per heavy atom. The quantitative estimate of drug-likeness (QED) is 0.729. The third kappa shape index (κ3) is 3.87. The summed E-state index contributed by atoms with van der Waals surface area (Å²) in [6.45, 7) is 2.14. The molecule has 0 aliphatic heterocycles. The number of hydrogen-bond acceptors (Lipinski definition) is 3. The fourth-order valence-corrected chi connectivity index (χ4v) is 1.39. The van der Waals surface area contributed by atoms with Crippen LogP contribution in [0.4, 0.5) is 0 Å². The molecule has 1 aromatic rings. The Bertz CT molecular complexity index is 451. The topological polar surface area (TPSA) is 75.3 Å². The fourth-order valence-electron chi connectivity index (χ4n) is 1.14. The third-order valence-corrected chi connectivity index (χ3v) is 2.90. The Morgan fingerprint density at radius 2 is 2.29 bits per heavy atom. The molecule has 0 aromatic heterocycles. The van der Waals surface area contributed by atoms with Crippen LogP contribution in [0.3, 0.4) is 0 Å². The number of carbonyl (C=O) groups excluding carboxylic acids is 1. The van der Waals surface area contributed by atoms with E-state index in [2.05, 4.69) is 5.32 Å². The predicted molar refractivity (Wildman–Crippen MR) is 71.4 cm³/mol. The lowest BCUT2D eigenvalue weighted by molar-refractivity contribution is 0.0948. The van der Waals surface area contributed by atoms with Gasteiger partial charge < -0.3 is 16.2 Å². The monoisotopic (exact) mass is 272 g/mol. The van der Waals surface area contributed by atoms with Crippen LogP contribution in [0.2, 0.25) is 5.02 Å². The van der Waals surface area contributed by atoms with E-state index in [1.807, 2.05) is 6.92 Å². The summed E-state index contributed by atoms with van der Waals surface area (Å²) >= 11 is 10.5. The predicted octanol–water partition coefficient (Wildman–Crippen LogP) is 1.70. The Labute approximate surface area is 110 Å². The first-order chi connectivity index (χ1) is 7.91. The lowest BCUT2D eigenvalue weighted by Gasteiger charge is -2.11. The van der Waals surface area contributed by atoms with Crippen LogP contribution < -0.4 is 11.1 Å². The van der Waals surface area contributed by atoms with Crippen molar-refractivity contribution in [1.82, 2.24) is 5.32 Å². The summed E-state index contributed by atoms with van der Waals surface area (Å²) in [5.74, 6) is -0.636. The smallest absolute Gasteiger partial charge is 0.255 e. The summed E-state index contributed by atoms with van der Waals surface area (Å²) in [5, 5.41) is 12.5. The van der Waals surface area contributed by atoms with E-state index in [-0.39, 0.29) is 23.1 Å². The van der Waals surface area contributed by atoms with E-state index < -0.39 is 0 Å². The van der Waals surface area contributed by atoms with Crippen LogP contribution >= 0.6 is 23.8 Å². The normalized spacial score (nSPS) is 11.9. The van der Waals surface area contributed by atoms with Gasteiger partial charge in [0.1, 0.15) is 5.75 Å². The van der Waals surface area contributed by atoms with Gasteiger partial charge in [0.25, 0.3) is 5.91 Å². The molecule has 92 valence electrons. The molecule has 1 aromatic carbocycles. The van der Waals surface area contributed by atoms with E-state index in [9.17, 15) is 9.90 Å². The van der Waals surface area contributed by atoms with E-state index in [4.69, 9.17) is 29.6 Å². The number of phenolic OH excluding ortho intramolecular Hbond substituents is 1. The molecule has 0 saturated carbocycles. The van der Waals surface area contributed by atoms with Crippen molar-refractivity contribution >= 4 is 34.7 Å². The number of nitrogens with two attached hydrogens (primary N) is 1. The maximum atomic E-state index is 11.7. The zero-order valence-corrected chi connectivity index (χ0v) is 10.8. The largest absolute Gasteiger partial charge is 0.507 e. The molecule has 0 spiro atoms. The second-order valence-electron chi connectivity index (χ2n) is 3.67. The fraction of sp³-hybridized carbons (Fsp3) is 0.273. The number of halogens is 1. The van der Waals surface area contributed by atoms with Gasteiger partial charge in [0.2, 0.25) is 0 Å². The van der Waals surface area contributed by atoms with Crippen LogP contribution in [0.1, 0.15) is 17.3 Å². The number of hydrogen-bond donors (Lipinski definition) is 3. The van der Waals surface area contributed by atoms with E-state index in [0.717, 1.165) is 0 Å². The number of thiocarbonyl (C=S) groups is 1. The van der Waals surface area contributed by atoms with Crippen molar-refractivity contribution in [3.8, 4) is 5.75 Å². The molecule has 0 fully saturated rings. The van der Waals surface area contributed by atoms with Crippen molar-refractivity contribution in [3.63, 3.8) is 0 Å². The Morgan fingerprint density at radius 1 is 1.65 bits per heavy atom. The molecule has 17 heavy (non-hydrogen) atoms. The maximum absolute atomic E-state index is 11.7. The van der Waals surface area contributed by atoms with Crippen molar-refractivity contribution in [2.45, 2.75) is 6.92 Å². The molecule has 0 saturated heterocycles. The second-order valence-corrected chi connectivity index (χ2v) is 4.58. The van der Waals surface area contributed by atoms with Gasteiger partial charge in [-0.25, -0.2) is 0 Å². The van der Waals surface area contributed by atoms with Crippen LogP contribution in [-0.2, 0) is 0 Å². The molecule has 0 bridgehead atoms. The van der Waals surface area contributed by atoms with Crippen LogP contribution in [-0.4, -0.2) is 22.5 Å². The average Bonchev–Trinajstić information content (AvgIpc) is 2.25. The maximum Gasteiger partial charge on any atom is 0.255 e. The van der Waals surface area contributed by atoms with Gasteiger partial charge in [0.15, 0.2) is 0 Å². The molecular formula is C11H13ClN2O2S. The highest BCUT2D eigenvalue weighted by atomic mass is 35.5. The Hall–Kier alpha value is -1.33. The third-order valence-electron chi connectivity index (χ3n) is 2.26. The minimum Gasteiger partial charge on any atom is -0.507 e. The highest BCUT2D eigenvalue weighted by molar-refractivity contribution is 7.80. The zero-order valence-electron chi connectivity index (χ0n) is 9.24. The number of phenols is 1. The molecular weight excluding hydrogens is 260 g/mol. The molecule has 0 heterocycles. The number of carbonyl (C=O) groups is 1. The van der Waals surface area contributed by atoms with Crippen LogP contribution in [0, 0.1) is 5.92 Å². The highest BCUT2D eigenvalue weighted by Crippen LogP contribution is 2.21. The Kier molecular flexibility index (Phi) is 4.72. The second kappa shape index (κ2) is 5.84. The summed E-state index contributed by atoms with van der Waals surface area (Å²) in [6, 6.07) is 4.30. The van der Waals surface area contributed by atoms with Gasteiger partial charge in [0, 0.05) is 17.5 Å². The Balaban J connectivity index is 2.67. The SMILES string of the molecule is CC(CNC(=O)c1ccc(Cl)cc1O)C(N)=S. The number of rotatable bonds is 4. The standard InChI is InChI=1S/C11H13ClN2O2S/c1-6(10(13)17)5-14-11(16)8-3-2-7(12)4-9(8)15/h2-4,6,15H,5H2,1H3,(H2,13,17)(H,14,16). The van der Waals surface area contributed by atoms with Gasteiger partial charge in [-0.1, -0.05) is 30.7 Å². The first kappa shape index (κ1) is 13.7. The van der Waals surface area contributed by atoms with E-state index in [0.29, 0.717) is 16.6 Å². The number of benzene rings is 1. The summed E-state index contributed by atoms with van der Waals surface area (Å²) in [5.41, 5.74) is 5.59. The average molecular weight is 273 g/mol. The molecule has 4 nitrogen and oxygen atoms in total. The van der Waals surface area contributed by atoms with Gasteiger partial charge in [-0.2, -0.15) is 0 Å². The number of nitrogens with one attached hydrogen (secondary N) is 1. The number of amides is 1. The molecule has 1 amide bonds. The first-order valence-electron chi connectivity index (χ1n) is 4.98. The molecule has 1 unspecified atom stereocenters. The summed E-state index contributed by atoms with van der Waals surface area (Å²) < 4.78 is 0. The zero-order chi connectivity index (χ0) is 13.0. The minimum absolute atomic E-state index is 0.0941. The lowest BCUT2D eigenvalue weighted by atomic mass is 10.1. The van der Waals surface area contributed by atoms with Crippen LogP contribution in [0.25, 0.3) is 0 Å². The van der Waals surface area contributed by atoms with Crippen molar-refractivity contribution in [2.75, 3.05) is 6.54 Å². The molecule has 0 aliphatic rings. The lowest BCUT2D eigenvalue weighted by Crippen LogP contribution is -2.33. The van der Waals surface area contributed by atoms with Crippen molar-refractivity contribution < 1.29 is 9.90 Å². The molecule has 0 radical (unpaired) electrons. The van der Waals surface area contributed by atoms with E-state index in [1.54, 1.807) is 0 Å². The first-order valence-corrected chi connectivity index (χ1v) is 5.76. The van der Waals surface area contributed by atoms with Gasteiger partial charge >= 0.3 is 0 Å².